The monoisotopic (exact) mass is 345 g/mol. The van der Waals surface area contributed by atoms with Gasteiger partial charge in [0.1, 0.15) is 0 Å². The summed E-state index contributed by atoms with van der Waals surface area (Å²) in [4.78, 5) is 4.37. The van der Waals surface area contributed by atoms with E-state index < -0.39 is 13.7 Å². The van der Waals surface area contributed by atoms with Crippen molar-refractivity contribution in [1.29, 1.82) is 0 Å². The number of thiophene rings is 1. The largest absolute Gasteiger partial charge is 0.256 e. The van der Waals surface area contributed by atoms with Gasteiger partial charge in [-0.1, -0.05) is 54.6 Å². The molecular weight excluding hydrogens is 322 g/mol. The highest BCUT2D eigenvalue weighted by molar-refractivity contribution is 7.27. The molecule has 2 heterocycles. The average Bonchev–Trinajstić information content (AvgIpc) is 3.11. The Bertz CT molecular complexity index is 1460. The van der Waals surface area contributed by atoms with Crippen molar-refractivity contribution in [3.8, 4) is 11.3 Å². The van der Waals surface area contributed by atoms with Crippen LogP contribution < -0.4 is 0 Å². The Kier molecular flexibility index (Phi) is 2.09. The van der Waals surface area contributed by atoms with Crippen LogP contribution in [0.1, 0.15) is 19.4 Å². The lowest BCUT2D eigenvalue weighted by Crippen LogP contribution is -1.88. The molecule has 0 radical (unpaired) electrons. The van der Waals surface area contributed by atoms with Gasteiger partial charge in [0, 0.05) is 40.2 Å². The lowest BCUT2D eigenvalue weighted by molar-refractivity contribution is 1.22. The van der Waals surface area contributed by atoms with Crippen molar-refractivity contribution < 1.29 is 8.22 Å². The summed E-state index contributed by atoms with van der Waals surface area (Å²) in [5.41, 5.74) is 0.845. The van der Waals surface area contributed by atoms with Crippen LogP contribution in [0.15, 0.2) is 66.9 Å². The van der Waals surface area contributed by atoms with E-state index >= 15 is 0 Å². The molecule has 25 heavy (non-hydrogen) atoms. The van der Waals surface area contributed by atoms with E-state index in [9.17, 15) is 0 Å². The van der Waals surface area contributed by atoms with E-state index in [1.165, 1.54) is 17.6 Å². The number of fused-ring (bicyclic) bond motifs is 5. The van der Waals surface area contributed by atoms with Gasteiger partial charge < -0.3 is 0 Å². The van der Waals surface area contributed by atoms with Gasteiger partial charge in [-0.2, -0.15) is 0 Å². The number of rotatable bonds is 1. The van der Waals surface area contributed by atoms with Crippen LogP contribution in [-0.4, -0.2) is 4.98 Å². The topological polar surface area (TPSA) is 12.9 Å². The van der Waals surface area contributed by atoms with Gasteiger partial charge in [0.15, 0.2) is 0 Å². The second-order valence-electron chi connectivity index (χ2n) is 6.06. The number of pyridine rings is 1. The van der Waals surface area contributed by atoms with Gasteiger partial charge in [-0.3, -0.25) is 4.98 Å². The molecule has 0 amide bonds. The van der Waals surface area contributed by atoms with Crippen molar-refractivity contribution in [3.63, 3.8) is 0 Å². The average molecular weight is 345 g/mol. The minimum absolute atomic E-state index is 0.180. The number of hydrogen-bond donors (Lipinski definition) is 0. The van der Waals surface area contributed by atoms with Crippen molar-refractivity contribution in [3.05, 3.63) is 78.0 Å². The molecule has 0 fully saturated rings. The zero-order chi connectivity index (χ0) is 22.0. The van der Waals surface area contributed by atoms with E-state index in [2.05, 4.69) is 29.2 Å². The lowest BCUT2D eigenvalue weighted by Gasteiger charge is -2.05. The minimum Gasteiger partial charge on any atom is -0.256 e. The van der Waals surface area contributed by atoms with Crippen LogP contribution in [0.25, 0.3) is 42.2 Å². The van der Waals surface area contributed by atoms with Gasteiger partial charge in [0.25, 0.3) is 0 Å². The van der Waals surface area contributed by atoms with Crippen LogP contribution >= 0.6 is 11.3 Å². The Hall–Kier alpha value is -2.71. The van der Waals surface area contributed by atoms with Crippen molar-refractivity contribution in [2.75, 3.05) is 0 Å². The standard InChI is InChI=1S/C23H17NS/c1-14-12-21(24-13-15(14)2)20-9-5-8-18-19-11-10-16-6-3-4-7-17(16)22(19)25-23(18)20/h3-13H,1-2H3/i1D3,2D3. The molecule has 2 aromatic heterocycles. The molecule has 0 unspecified atom stereocenters. The molecule has 5 aromatic rings. The van der Waals surface area contributed by atoms with Crippen molar-refractivity contribution >= 4 is 42.3 Å². The second-order valence-corrected chi connectivity index (χ2v) is 7.08. The molecule has 5 rings (SSSR count). The van der Waals surface area contributed by atoms with Crippen molar-refractivity contribution in [2.45, 2.75) is 13.7 Å². The first-order chi connectivity index (χ1) is 14.6. The Morgan fingerprint density at radius 1 is 0.800 bits per heavy atom. The molecule has 3 aromatic carbocycles. The molecule has 1 nitrogen and oxygen atoms in total. The van der Waals surface area contributed by atoms with Gasteiger partial charge in [-0.25, -0.2) is 0 Å². The van der Waals surface area contributed by atoms with Crippen LogP contribution in [0.2, 0.25) is 0 Å². The zero-order valence-corrected chi connectivity index (χ0v) is 14.0. The van der Waals surface area contributed by atoms with Gasteiger partial charge in [-0.15, -0.1) is 11.3 Å². The molecule has 2 heteroatoms. The summed E-state index contributed by atoms with van der Waals surface area (Å²) >= 11 is 1.64. The normalized spacial score (nSPS) is 16.2. The van der Waals surface area contributed by atoms with Crippen LogP contribution in [0, 0.1) is 13.7 Å². The Labute approximate surface area is 159 Å². The third-order valence-electron chi connectivity index (χ3n) is 4.57. The van der Waals surface area contributed by atoms with Gasteiger partial charge in [0.05, 0.1) is 5.69 Å². The molecule has 0 aliphatic carbocycles. The number of hydrogen-bond acceptors (Lipinski definition) is 2. The van der Waals surface area contributed by atoms with Gasteiger partial charge in [-0.05, 0) is 41.7 Å². The van der Waals surface area contributed by atoms with Crippen molar-refractivity contribution in [2.24, 2.45) is 0 Å². The third-order valence-corrected chi connectivity index (χ3v) is 5.86. The van der Waals surface area contributed by atoms with E-state index in [1.54, 1.807) is 11.3 Å². The summed E-state index contributed by atoms with van der Waals surface area (Å²) in [5.74, 6) is 0. The highest BCUT2D eigenvalue weighted by Gasteiger charge is 2.13. The fourth-order valence-electron chi connectivity index (χ4n) is 3.33. The summed E-state index contributed by atoms with van der Waals surface area (Å²) in [6.45, 7) is -5.09. The van der Waals surface area contributed by atoms with E-state index in [1.807, 2.05) is 30.3 Å². The number of aromatic nitrogens is 1. The Morgan fingerprint density at radius 3 is 2.56 bits per heavy atom. The van der Waals surface area contributed by atoms with Crippen LogP contribution in [0.4, 0.5) is 0 Å². The quantitative estimate of drug-likeness (QED) is 0.322. The predicted molar refractivity (Wildman–Crippen MR) is 110 cm³/mol. The molecule has 0 saturated heterocycles. The SMILES string of the molecule is [2H]C([2H])([2H])c1cnc(-c2cccc3c2sc2c4ccccc4ccc32)cc1C([2H])([2H])[2H]. The molecule has 0 spiro atoms. The fourth-order valence-corrected chi connectivity index (χ4v) is 4.69. The maximum atomic E-state index is 7.85. The smallest absolute Gasteiger partial charge is 0.0719 e. The molecule has 0 N–H and O–H groups in total. The maximum Gasteiger partial charge on any atom is 0.0719 e. The lowest BCUT2D eigenvalue weighted by atomic mass is 10.0. The molecule has 0 atom stereocenters. The highest BCUT2D eigenvalue weighted by atomic mass is 32.1. The summed E-state index contributed by atoms with van der Waals surface area (Å²) in [6, 6.07) is 19.7. The molecule has 0 aliphatic rings. The first kappa shape index (κ1) is 9.69. The first-order valence-electron chi connectivity index (χ1n) is 11.0. The second kappa shape index (κ2) is 5.40. The third kappa shape index (κ3) is 2.18. The summed E-state index contributed by atoms with van der Waals surface area (Å²) < 4.78 is 48.8. The maximum absolute atomic E-state index is 7.85. The summed E-state index contributed by atoms with van der Waals surface area (Å²) in [7, 11) is 0. The number of benzene rings is 3. The van der Waals surface area contributed by atoms with Crippen LogP contribution in [0.3, 0.4) is 0 Å². The van der Waals surface area contributed by atoms with Gasteiger partial charge >= 0.3 is 0 Å². The highest BCUT2D eigenvalue weighted by Crippen LogP contribution is 2.42. The van der Waals surface area contributed by atoms with Crippen LogP contribution in [0.5, 0.6) is 0 Å². The molecule has 120 valence electrons. The van der Waals surface area contributed by atoms with Crippen molar-refractivity contribution in [1.82, 2.24) is 4.98 Å². The summed E-state index contributed by atoms with van der Waals surface area (Å²) in [6.07, 6.45) is 1.19. The predicted octanol–water partition coefficient (Wildman–Crippen LogP) is 6.89. The number of aryl methyl sites for hydroxylation is 2. The van der Waals surface area contributed by atoms with E-state index in [4.69, 9.17) is 8.22 Å². The molecule has 0 aliphatic heterocycles. The van der Waals surface area contributed by atoms with E-state index in [-0.39, 0.29) is 11.1 Å². The fraction of sp³-hybridized carbons (Fsp3) is 0.0870. The van der Waals surface area contributed by atoms with E-state index in [0.29, 0.717) is 5.69 Å². The number of nitrogens with zero attached hydrogens (tertiary/aromatic N) is 1. The van der Waals surface area contributed by atoms with Crippen LogP contribution in [-0.2, 0) is 0 Å². The zero-order valence-electron chi connectivity index (χ0n) is 19.2. The summed E-state index contributed by atoms with van der Waals surface area (Å²) in [5, 5.41) is 4.53. The molecular formula is C23H17NS. The molecule has 0 saturated carbocycles. The minimum atomic E-state index is -2.55. The Balaban J connectivity index is 1.80. The molecule has 0 bridgehead atoms. The Morgan fingerprint density at radius 2 is 1.64 bits per heavy atom. The van der Waals surface area contributed by atoms with E-state index in [0.717, 1.165) is 31.1 Å². The van der Waals surface area contributed by atoms with Gasteiger partial charge in [0.2, 0.25) is 0 Å². The first-order valence-corrected chi connectivity index (χ1v) is 8.80.